The van der Waals surface area contributed by atoms with Crippen LogP contribution in [-0.2, 0) is 0 Å². The second kappa shape index (κ2) is 9.26. The van der Waals surface area contributed by atoms with Crippen LogP contribution >= 0.6 is 0 Å². The third-order valence-electron chi connectivity index (χ3n) is 4.59. The summed E-state index contributed by atoms with van der Waals surface area (Å²) in [5, 5.41) is 19.7. The molecule has 162 valence electrons. The number of Topliss-reactive ketones (excluding diaryl/α,β-unsaturated/α-hetero) is 1. The van der Waals surface area contributed by atoms with Gasteiger partial charge in [0.05, 0.1) is 5.56 Å². The minimum atomic E-state index is -1.13. The summed E-state index contributed by atoms with van der Waals surface area (Å²) in [6, 6.07) is 13.3. The Morgan fingerprint density at radius 3 is 2.19 bits per heavy atom. The minimum Gasteiger partial charge on any atom is -0.508 e. The molecule has 0 amide bonds. The van der Waals surface area contributed by atoms with E-state index in [1.54, 1.807) is 18.2 Å². The van der Waals surface area contributed by atoms with Gasteiger partial charge in [0, 0.05) is 34.2 Å². The molecule has 6 nitrogen and oxygen atoms in total. The van der Waals surface area contributed by atoms with Crippen molar-refractivity contribution in [3.05, 3.63) is 75.9 Å². The van der Waals surface area contributed by atoms with Gasteiger partial charge in [-0.15, -0.1) is 0 Å². The third-order valence-corrected chi connectivity index (χ3v) is 4.59. The topological polar surface area (TPSA) is 105 Å². The van der Waals surface area contributed by atoms with E-state index < -0.39 is 5.97 Å². The number of hydrogen-bond donors (Lipinski definition) is 2. The van der Waals surface area contributed by atoms with Crippen LogP contribution in [0.4, 0.5) is 0 Å². The number of benzene rings is 3. The molecule has 0 fully saturated rings. The number of carboxylic acids is 1. The SMILES string of the molecule is C.C.C.CC(=O)c1cc(C(=O)O)ccc1-c1c2ccc(=O)cc-2oc2cc(O)ccc12. The maximum atomic E-state index is 12.3. The minimum absolute atomic E-state index is 0. The number of aromatic hydroxyl groups is 1. The third kappa shape index (κ3) is 4.33. The second-order valence-electron chi connectivity index (χ2n) is 6.44. The molecule has 2 N–H and O–H groups in total. The Morgan fingerprint density at radius 2 is 1.55 bits per heavy atom. The van der Waals surface area contributed by atoms with Gasteiger partial charge in [-0.05, 0) is 48.9 Å². The lowest BCUT2D eigenvalue weighted by molar-refractivity contribution is 0.0697. The van der Waals surface area contributed by atoms with Gasteiger partial charge in [-0.2, -0.15) is 0 Å². The molecule has 0 saturated carbocycles. The van der Waals surface area contributed by atoms with Gasteiger partial charge in [-0.3, -0.25) is 9.59 Å². The fraction of sp³-hybridized carbons (Fsp3) is 0.160. The van der Waals surface area contributed by atoms with Gasteiger partial charge in [-0.25, -0.2) is 4.79 Å². The molecule has 0 saturated heterocycles. The van der Waals surface area contributed by atoms with Gasteiger partial charge in [-0.1, -0.05) is 28.3 Å². The molecule has 2 aliphatic rings. The van der Waals surface area contributed by atoms with Gasteiger partial charge >= 0.3 is 5.97 Å². The van der Waals surface area contributed by atoms with Crippen molar-refractivity contribution < 1.29 is 24.2 Å². The highest BCUT2D eigenvalue weighted by atomic mass is 16.4. The molecule has 2 aromatic carbocycles. The summed E-state index contributed by atoms with van der Waals surface area (Å²) >= 11 is 0. The van der Waals surface area contributed by atoms with Gasteiger partial charge in [0.2, 0.25) is 0 Å². The van der Waals surface area contributed by atoms with Crippen LogP contribution in [0.1, 0.15) is 49.9 Å². The number of fused-ring (bicyclic) bond motifs is 2. The van der Waals surface area contributed by atoms with Crippen molar-refractivity contribution in [1.29, 1.82) is 0 Å². The Balaban J connectivity index is 0.00000160. The van der Waals surface area contributed by atoms with Crippen molar-refractivity contribution in [2.45, 2.75) is 29.2 Å². The lowest BCUT2D eigenvalue weighted by Crippen LogP contribution is -2.04. The normalized spacial score (nSPS) is 9.97. The molecule has 0 aromatic heterocycles. The molecule has 0 atom stereocenters. The van der Waals surface area contributed by atoms with E-state index in [-0.39, 0.29) is 50.4 Å². The largest absolute Gasteiger partial charge is 0.508 e. The Hall–Kier alpha value is -3.93. The van der Waals surface area contributed by atoms with E-state index in [1.165, 1.54) is 43.3 Å². The van der Waals surface area contributed by atoms with Gasteiger partial charge < -0.3 is 14.6 Å². The van der Waals surface area contributed by atoms with Crippen molar-refractivity contribution in [2.24, 2.45) is 0 Å². The zero-order valence-electron chi connectivity index (χ0n) is 14.7. The number of phenols is 1. The number of hydrogen-bond acceptors (Lipinski definition) is 5. The van der Waals surface area contributed by atoms with Gasteiger partial charge in [0.15, 0.2) is 11.2 Å². The molecule has 0 bridgehead atoms. The fourth-order valence-electron chi connectivity index (χ4n) is 3.34. The smallest absolute Gasteiger partial charge is 0.335 e. The van der Waals surface area contributed by atoms with Crippen molar-refractivity contribution >= 4 is 22.7 Å². The summed E-state index contributed by atoms with van der Waals surface area (Å²) in [5.41, 5.74) is 2.09. The summed E-state index contributed by atoms with van der Waals surface area (Å²) in [4.78, 5) is 35.4. The average Bonchev–Trinajstić information content (AvgIpc) is 2.65. The number of aromatic carboxylic acids is 1. The van der Waals surface area contributed by atoms with E-state index in [0.29, 0.717) is 33.4 Å². The van der Waals surface area contributed by atoms with Crippen molar-refractivity contribution in [3.63, 3.8) is 0 Å². The Kier molecular flexibility index (Phi) is 7.50. The highest BCUT2D eigenvalue weighted by Crippen LogP contribution is 2.42. The van der Waals surface area contributed by atoms with E-state index in [0.717, 1.165) is 0 Å². The lowest BCUT2D eigenvalue weighted by Gasteiger charge is -2.17. The second-order valence-corrected chi connectivity index (χ2v) is 6.44. The Morgan fingerprint density at radius 1 is 0.871 bits per heavy atom. The van der Waals surface area contributed by atoms with E-state index in [2.05, 4.69) is 0 Å². The predicted molar refractivity (Wildman–Crippen MR) is 123 cm³/mol. The van der Waals surface area contributed by atoms with Crippen LogP contribution in [-0.4, -0.2) is 22.0 Å². The van der Waals surface area contributed by atoms with Crippen molar-refractivity contribution in [1.82, 2.24) is 0 Å². The van der Waals surface area contributed by atoms with E-state index in [1.807, 2.05) is 0 Å². The first kappa shape index (κ1) is 25.1. The number of carbonyl (C=O) groups excluding carboxylic acids is 1. The van der Waals surface area contributed by atoms with Crippen LogP contribution in [0.5, 0.6) is 5.75 Å². The number of rotatable bonds is 3. The summed E-state index contributed by atoms with van der Waals surface area (Å²) in [6.07, 6.45) is 0. The quantitative estimate of drug-likeness (QED) is 0.306. The zero-order valence-corrected chi connectivity index (χ0v) is 14.7. The molecule has 6 heteroatoms. The maximum Gasteiger partial charge on any atom is 0.335 e. The number of carboxylic acid groups (broad SMARTS) is 1. The van der Waals surface area contributed by atoms with Crippen LogP contribution in [0, 0.1) is 0 Å². The zero-order chi connectivity index (χ0) is 20.0. The first-order valence-corrected chi connectivity index (χ1v) is 8.43. The van der Waals surface area contributed by atoms with Gasteiger partial charge in [0.25, 0.3) is 0 Å². The average molecular weight is 422 g/mol. The Bertz CT molecular complexity index is 1300. The molecule has 1 heterocycles. The van der Waals surface area contributed by atoms with Crippen LogP contribution in [0.3, 0.4) is 0 Å². The first-order valence-electron chi connectivity index (χ1n) is 8.43. The molecule has 4 rings (SSSR count). The summed E-state index contributed by atoms with van der Waals surface area (Å²) in [6.45, 7) is 1.36. The standard InChI is InChI=1S/C22H14O6.3CH4/c1-11(23)18-8-12(22(26)27)2-5-15(18)21-16-6-3-13(24)9-19(16)28-20-10-14(25)4-7-17(20)21;;;/h2-10,24H,1H3,(H,26,27);3*1H4. The molecule has 1 aliphatic carbocycles. The molecule has 2 aromatic rings. The van der Waals surface area contributed by atoms with Gasteiger partial charge in [0.1, 0.15) is 17.1 Å². The van der Waals surface area contributed by atoms with Crippen LogP contribution in [0.15, 0.2) is 63.8 Å². The van der Waals surface area contributed by atoms with Crippen molar-refractivity contribution in [2.75, 3.05) is 0 Å². The molecule has 1 aliphatic heterocycles. The molecular formula is C25H26O6. The van der Waals surface area contributed by atoms with Crippen molar-refractivity contribution in [3.8, 4) is 28.2 Å². The monoisotopic (exact) mass is 422 g/mol. The molecule has 0 unspecified atom stereocenters. The Labute approximate surface area is 180 Å². The lowest BCUT2D eigenvalue weighted by atomic mass is 9.89. The maximum absolute atomic E-state index is 12.3. The molecule has 0 radical (unpaired) electrons. The molecule has 0 spiro atoms. The number of carbonyl (C=O) groups is 2. The van der Waals surface area contributed by atoms with E-state index in [4.69, 9.17) is 4.42 Å². The summed E-state index contributed by atoms with van der Waals surface area (Å²) in [7, 11) is 0. The highest BCUT2D eigenvalue weighted by Gasteiger charge is 2.22. The van der Waals surface area contributed by atoms with E-state index >= 15 is 0 Å². The fourth-order valence-corrected chi connectivity index (χ4v) is 3.34. The highest BCUT2D eigenvalue weighted by molar-refractivity contribution is 6.10. The summed E-state index contributed by atoms with van der Waals surface area (Å²) < 4.78 is 5.79. The van der Waals surface area contributed by atoms with E-state index in [9.17, 15) is 24.6 Å². The summed E-state index contributed by atoms with van der Waals surface area (Å²) in [5.74, 6) is -1.13. The predicted octanol–water partition coefficient (Wildman–Crippen LogP) is 6.08. The van der Waals surface area contributed by atoms with Crippen LogP contribution in [0.25, 0.3) is 33.4 Å². The number of ketones is 1. The molecular weight excluding hydrogens is 396 g/mol. The number of phenolic OH excluding ortho intramolecular Hbond substituents is 1. The van der Waals surface area contributed by atoms with Crippen LogP contribution < -0.4 is 5.43 Å². The van der Waals surface area contributed by atoms with Crippen LogP contribution in [0.2, 0.25) is 0 Å². The first-order chi connectivity index (χ1) is 13.3. The molecule has 31 heavy (non-hydrogen) atoms.